The quantitative estimate of drug-likeness (QED) is 0.582. The average molecular weight is 386 g/mol. The van der Waals surface area contributed by atoms with Gasteiger partial charge in [0.05, 0.1) is 5.41 Å². The third-order valence-electron chi connectivity index (χ3n) is 5.36. The number of hydrogen-bond acceptors (Lipinski definition) is 2. The zero-order valence-corrected chi connectivity index (χ0v) is 17.0. The molecule has 3 aromatic rings. The van der Waals surface area contributed by atoms with Crippen molar-refractivity contribution in [3.63, 3.8) is 0 Å². The summed E-state index contributed by atoms with van der Waals surface area (Å²) in [6.45, 7) is 3.86. The first-order valence-electron chi connectivity index (χ1n) is 10.1. The van der Waals surface area contributed by atoms with Crippen LogP contribution >= 0.6 is 0 Å². The van der Waals surface area contributed by atoms with Crippen molar-refractivity contribution in [1.29, 1.82) is 0 Å². The second kappa shape index (κ2) is 9.33. The van der Waals surface area contributed by atoms with Crippen molar-refractivity contribution >= 4 is 11.7 Å². The molecule has 0 radical (unpaired) electrons. The number of carbonyl (C=O) groups is 2. The maximum atomic E-state index is 13.4. The van der Waals surface area contributed by atoms with Crippen LogP contribution in [0, 0.1) is 0 Å². The van der Waals surface area contributed by atoms with Crippen LogP contribution in [0.4, 0.5) is 0 Å². The third kappa shape index (κ3) is 4.45. The number of hydrogen-bond donors (Lipinski definition) is 1. The molecule has 0 bridgehead atoms. The number of benzene rings is 3. The van der Waals surface area contributed by atoms with Crippen LogP contribution in [-0.2, 0) is 10.2 Å². The van der Waals surface area contributed by atoms with Crippen LogP contribution in [0.3, 0.4) is 0 Å². The molecule has 0 spiro atoms. The van der Waals surface area contributed by atoms with E-state index in [0.717, 1.165) is 11.1 Å². The van der Waals surface area contributed by atoms with Crippen molar-refractivity contribution < 1.29 is 9.59 Å². The molecular weight excluding hydrogens is 358 g/mol. The molecule has 0 saturated heterocycles. The van der Waals surface area contributed by atoms with E-state index >= 15 is 0 Å². The molecule has 0 saturated carbocycles. The second-order valence-electron chi connectivity index (χ2n) is 7.36. The van der Waals surface area contributed by atoms with Crippen LogP contribution < -0.4 is 5.32 Å². The first kappa shape index (κ1) is 20.5. The van der Waals surface area contributed by atoms with Gasteiger partial charge in [0.2, 0.25) is 0 Å². The van der Waals surface area contributed by atoms with E-state index in [1.54, 1.807) is 12.1 Å². The average Bonchev–Trinajstić information content (AvgIpc) is 2.78. The van der Waals surface area contributed by atoms with E-state index in [-0.39, 0.29) is 17.7 Å². The van der Waals surface area contributed by atoms with Gasteiger partial charge in [0.25, 0.3) is 5.91 Å². The van der Waals surface area contributed by atoms with E-state index < -0.39 is 5.41 Å². The summed E-state index contributed by atoms with van der Waals surface area (Å²) in [5, 5.41) is 3.08. The summed E-state index contributed by atoms with van der Waals surface area (Å²) in [6.07, 6.45) is 0.912. The Kier molecular flexibility index (Phi) is 6.61. The predicted molar refractivity (Wildman–Crippen MR) is 117 cm³/mol. The van der Waals surface area contributed by atoms with Crippen LogP contribution in [-0.4, -0.2) is 17.7 Å². The molecule has 0 fully saturated rings. The summed E-state index contributed by atoms with van der Waals surface area (Å²) in [5.41, 5.74) is 1.73. The SMILES string of the molecule is CCC(=O)C(C[C@@H](C)NC(=O)c1ccccc1)(c1ccccc1)c1ccccc1. The molecule has 1 atom stereocenters. The highest BCUT2D eigenvalue weighted by Crippen LogP contribution is 2.38. The van der Waals surface area contributed by atoms with Crippen LogP contribution in [0.25, 0.3) is 0 Å². The Morgan fingerprint density at radius 3 is 1.69 bits per heavy atom. The first-order valence-corrected chi connectivity index (χ1v) is 10.1. The molecule has 0 aromatic heterocycles. The van der Waals surface area contributed by atoms with Gasteiger partial charge in [0, 0.05) is 18.0 Å². The summed E-state index contributed by atoms with van der Waals surface area (Å²) < 4.78 is 0. The molecule has 0 unspecified atom stereocenters. The molecule has 0 aliphatic carbocycles. The highest BCUT2D eigenvalue weighted by molar-refractivity contribution is 5.95. The molecule has 0 heterocycles. The largest absolute Gasteiger partial charge is 0.350 e. The van der Waals surface area contributed by atoms with Gasteiger partial charge in [-0.1, -0.05) is 85.8 Å². The summed E-state index contributed by atoms with van der Waals surface area (Å²) >= 11 is 0. The number of rotatable bonds is 8. The second-order valence-corrected chi connectivity index (χ2v) is 7.36. The zero-order valence-electron chi connectivity index (χ0n) is 17.0. The van der Waals surface area contributed by atoms with Gasteiger partial charge in [0.15, 0.2) is 0 Å². The molecule has 1 amide bonds. The van der Waals surface area contributed by atoms with Crippen molar-refractivity contribution in [1.82, 2.24) is 5.32 Å². The molecule has 29 heavy (non-hydrogen) atoms. The number of ketones is 1. The molecule has 3 rings (SSSR count). The number of carbonyl (C=O) groups excluding carboxylic acids is 2. The lowest BCUT2D eigenvalue weighted by Crippen LogP contribution is -2.44. The Balaban J connectivity index is 1.99. The number of Topliss-reactive ketones (excluding diaryl/α,β-unsaturated/α-hetero) is 1. The minimum absolute atomic E-state index is 0.128. The van der Waals surface area contributed by atoms with Gasteiger partial charge in [-0.3, -0.25) is 9.59 Å². The summed E-state index contributed by atoms with van der Waals surface area (Å²) in [7, 11) is 0. The van der Waals surface area contributed by atoms with Gasteiger partial charge in [-0.15, -0.1) is 0 Å². The van der Waals surface area contributed by atoms with E-state index in [1.165, 1.54) is 0 Å². The predicted octanol–water partition coefficient (Wildman–Crippen LogP) is 5.16. The zero-order chi connectivity index (χ0) is 20.7. The lowest BCUT2D eigenvalue weighted by molar-refractivity contribution is -0.123. The lowest BCUT2D eigenvalue weighted by Gasteiger charge is -2.36. The van der Waals surface area contributed by atoms with Gasteiger partial charge in [-0.25, -0.2) is 0 Å². The van der Waals surface area contributed by atoms with Gasteiger partial charge >= 0.3 is 0 Å². The van der Waals surface area contributed by atoms with E-state index in [0.29, 0.717) is 18.4 Å². The molecule has 3 heteroatoms. The van der Waals surface area contributed by atoms with Crippen LogP contribution in [0.15, 0.2) is 91.0 Å². The molecule has 0 aliphatic heterocycles. The van der Waals surface area contributed by atoms with Crippen molar-refractivity contribution in [2.24, 2.45) is 0 Å². The van der Waals surface area contributed by atoms with Crippen LogP contribution in [0.5, 0.6) is 0 Å². The summed E-state index contributed by atoms with van der Waals surface area (Å²) in [5.74, 6) is 0.0211. The van der Waals surface area contributed by atoms with Crippen LogP contribution in [0.2, 0.25) is 0 Å². The molecule has 148 valence electrons. The van der Waals surface area contributed by atoms with Gasteiger partial charge < -0.3 is 5.32 Å². The van der Waals surface area contributed by atoms with Gasteiger partial charge in [-0.05, 0) is 36.6 Å². The third-order valence-corrected chi connectivity index (χ3v) is 5.36. The molecular formula is C26H27NO2. The summed E-state index contributed by atoms with van der Waals surface area (Å²) in [4.78, 5) is 26.1. The van der Waals surface area contributed by atoms with Crippen molar-refractivity contribution in [3.8, 4) is 0 Å². The molecule has 3 nitrogen and oxygen atoms in total. The van der Waals surface area contributed by atoms with Crippen molar-refractivity contribution in [2.75, 3.05) is 0 Å². The topological polar surface area (TPSA) is 46.2 Å². The molecule has 3 aromatic carbocycles. The van der Waals surface area contributed by atoms with Gasteiger partial charge in [-0.2, -0.15) is 0 Å². The fourth-order valence-electron chi connectivity index (χ4n) is 3.99. The Bertz CT molecular complexity index is 897. The van der Waals surface area contributed by atoms with Crippen LogP contribution in [0.1, 0.15) is 48.2 Å². The Labute approximate surface area is 172 Å². The first-order chi connectivity index (χ1) is 14.1. The Morgan fingerprint density at radius 1 is 0.793 bits per heavy atom. The monoisotopic (exact) mass is 385 g/mol. The Hall–Kier alpha value is -3.20. The summed E-state index contributed by atoms with van der Waals surface area (Å²) in [6, 6.07) is 28.7. The minimum Gasteiger partial charge on any atom is -0.350 e. The highest BCUT2D eigenvalue weighted by atomic mass is 16.1. The minimum atomic E-state index is -0.805. The maximum Gasteiger partial charge on any atom is 0.251 e. The van der Waals surface area contributed by atoms with Gasteiger partial charge in [0.1, 0.15) is 5.78 Å². The Morgan fingerprint density at radius 2 is 1.24 bits per heavy atom. The van der Waals surface area contributed by atoms with E-state index in [2.05, 4.69) is 5.32 Å². The van der Waals surface area contributed by atoms with E-state index in [1.807, 2.05) is 92.7 Å². The smallest absolute Gasteiger partial charge is 0.251 e. The normalized spacial score (nSPS) is 12.2. The fraction of sp³-hybridized carbons (Fsp3) is 0.231. The molecule has 1 N–H and O–H groups in total. The number of amides is 1. The maximum absolute atomic E-state index is 13.4. The standard InChI is InChI=1S/C26H27NO2/c1-3-24(28)26(22-15-9-5-10-16-22,23-17-11-6-12-18-23)19-20(2)27-25(29)21-13-7-4-8-14-21/h4-18,20H,3,19H2,1-2H3,(H,27,29)/t20-/m1/s1. The fourth-order valence-corrected chi connectivity index (χ4v) is 3.99. The van der Waals surface area contributed by atoms with Crippen molar-refractivity contribution in [3.05, 3.63) is 108 Å². The highest BCUT2D eigenvalue weighted by Gasteiger charge is 2.41. The number of nitrogens with one attached hydrogen (secondary N) is 1. The van der Waals surface area contributed by atoms with Crippen molar-refractivity contribution in [2.45, 2.75) is 38.1 Å². The molecule has 0 aliphatic rings. The van der Waals surface area contributed by atoms with E-state index in [9.17, 15) is 9.59 Å². The van der Waals surface area contributed by atoms with E-state index in [4.69, 9.17) is 0 Å². The lowest BCUT2D eigenvalue weighted by atomic mass is 9.67.